The topological polar surface area (TPSA) is 57.4 Å². The van der Waals surface area contributed by atoms with Crippen LogP contribution in [0.25, 0.3) is 79.2 Å². The summed E-state index contributed by atoms with van der Waals surface area (Å²) < 4.78 is 0. The van der Waals surface area contributed by atoms with Crippen LogP contribution in [-0.2, 0) is 0 Å². The molecule has 0 saturated heterocycles. The molecule has 3 aromatic heterocycles. The van der Waals surface area contributed by atoms with Gasteiger partial charge in [0.2, 0.25) is 0 Å². The van der Waals surface area contributed by atoms with Crippen molar-refractivity contribution in [1.82, 2.24) is 19.9 Å². The summed E-state index contributed by atoms with van der Waals surface area (Å²) in [6, 6.07) is 29.4. The van der Waals surface area contributed by atoms with E-state index in [0.29, 0.717) is 0 Å². The number of aromatic nitrogens is 4. The van der Waals surface area contributed by atoms with Crippen LogP contribution in [-0.4, -0.2) is 43.0 Å². The molecule has 0 aliphatic carbocycles. The van der Waals surface area contributed by atoms with Crippen molar-refractivity contribution in [2.75, 3.05) is 0 Å². The Morgan fingerprint density at radius 3 is 1.25 bits per heavy atom. The third kappa shape index (κ3) is 7.53. The van der Waals surface area contributed by atoms with Gasteiger partial charge in [-0.05, 0) is 198 Å². The zero-order valence-corrected chi connectivity index (χ0v) is 39.3. The number of hydrogen-bond acceptors (Lipinski definition) is 2. The van der Waals surface area contributed by atoms with Crippen LogP contribution < -0.4 is 0 Å². The van der Waals surface area contributed by atoms with Gasteiger partial charge in [0, 0.05) is 38.8 Å². The second kappa shape index (κ2) is 15.9. The first-order valence-electron chi connectivity index (χ1n) is 21.1. The van der Waals surface area contributed by atoms with Gasteiger partial charge in [-0.1, -0.05) is 70.8 Å². The minimum Gasteiger partial charge on any atom is -1.00 e. The van der Waals surface area contributed by atoms with Gasteiger partial charge in [0.1, 0.15) is 0 Å². The van der Waals surface area contributed by atoms with Gasteiger partial charge in [-0.25, -0.2) is 9.97 Å². The van der Waals surface area contributed by atoms with Crippen molar-refractivity contribution < 1.29 is 2.85 Å². The molecule has 2 aliphatic heterocycles. The van der Waals surface area contributed by atoms with E-state index < -0.39 is 0 Å². The summed E-state index contributed by atoms with van der Waals surface area (Å²) in [6.45, 7) is 26.9. The van der Waals surface area contributed by atoms with Crippen molar-refractivity contribution in [1.29, 1.82) is 0 Å². The SMILES string of the molecule is Cc1cc(C)c(C2=Cc3cc4ccc(cc5nc(cc6[nH]c(c(-c7c(C)cc(C)cc7C)c2n3)c(-c2c(C)cc(C)cc2C)c6-c2c(C)cc(C)cc2C)C=C5)[nH]4)c(C)c1.[H-].[H-].[Mg+2]. The molecule has 0 fully saturated rings. The normalized spacial score (nSPS) is 12.2. The number of rotatable bonds is 4. The average Bonchev–Trinajstić information content (AvgIpc) is 3.94. The monoisotopic (exact) mass is 808 g/mol. The number of nitrogens with one attached hydrogen (secondary N) is 2. The van der Waals surface area contributed by atoms with Crippen LogP contribution in [0.15, 0.2) is 78.9 Å². The van der Waals surface area contributed by atoms with Crippen LogP contribution in [0.3, 0.4) is 0 Å². The molecule has 0 saturated carbocycles. The van der Waals surface area contributed by atoms with Crippen molar-refractivity contribution in [2.45, 2.75) is 83.1 Å². The maximum atomic E-state index is 5.74. The number of H-pyrrole nitrogens is 2. The van der Waals surface area contributed by atoms with E-state index in [1.807, 2.05) is 0 Å². The Hall–Kier alpha value is -5.75. The Labute approximate surface area is 380 Å². The van der Waals surface area contributed by atoms with E-state index >= 15 is 0 Å². The fraction of sp³-hybridized carbons (Fsp3) is 0.214. The van der Waals surface area contributed by atoms with Gasteiger partial charge in [-0.2, -0.15) is 0 Å². The largest absolute Gasteiger partial charge is 2.00 e. The van der Waals surface area contributed by atoms with E-state index in [1.165, 1.54) is 100 Å². The van der Waals surface area contributed by atoms with Gasteiger partial charge in [0.25, 0.3) is 0 Å². The quantitative estimate of drug-likeness (QED) is 0.174. The van der Waals surface area contributed by atoms with Crippen LogP contribution in [0.5, 0.6) is 0 Å². The number of benzene rings is 4. The van der Waals surface area contributed by atoms with Gasteiger partial charge in [0.15, 0.2) is 0 Å². The molecular formula is C56H56MgN4. The summed E-state index contributed by atoms with van der Waals surface area (Å²) in [5.74, 6) is 0. The fourth-order valence-electron chi connectivity index (χ4n) is 10.5. The number of fused-ring (bicyclic) bond motifs is 8. The van der Waals surface area contributed by atoms with Gasteiger partial charge in [0.05, 0.1) is 28.3 Å². The summed E-state index contributed by atoms with van der Waals surface area (Å²) in [7, 11) is 0. The number of nitrogens with zero attached hydrogens (tertiary/aromatic N) is 2. The molecule has 2 aliphatic rings. The minimum atomic E-state index is 0. The fourth-order valence-corrected chi connectivity index (χ4v) is 10.5. The predicted octanol–water partition coefficient (Wildman–Crippen LogP) is 14.6. The zero-order valence-electron chi connectivity index (χ0n) is 39.8. The molecule has 4 nitrogen and oxygen atoms in total. The number of aromatic amines is 2. The summed E-state index contributed by atoms with van der Waals surface area (Å²) in [5.41, 5.74) is 32.1. The molecule has 2 N–H and O–H groups in total. The van der Waals surface area contributed by atoms with E-state index in [2.05, 4.69) is 190 Å². The maximum Gasteiger partial charge on any atom is 2.00 e. The second-order valence-corrected chi connectivity index (χ2v) is 17.7. The molecule has 0 radical (unpaired) electrons. The molecule has 0 unspecified atom stereocenters. The summed E-state index contributed by atoms with van der Waals surface area (Å²) >= 11 is 0. The minimum absolute atomic E-state index is 0. The molecule has 8 bridgehead atoms. The predicted molar refractivity (Wildman–Crippen MR) is 264 cm³/mol. The Bertz CT molecular complexity index is 3140. The molecule has 4 aromatic carbocycles. The Morgan fingerprint density at radius 2 is 0.770 bits per heavy atom. The molecule has 5 heteroatoms. The Balaban J connectivity index is 0.00000220. The molecule has 5 heterocycles. The molecule has 61 heavy (non-hydrogen) atoms. The summed E-state index contributed by atoms with van der Waals surface area (Å²) in [5, 5.41) is 0. The third-order valence-electron chi connectivity index (χ3n) is 12.3. The Morgan fingerprint density at radius 1 is 0.377 bits per heavy atom. The van der Waals surface area contributed by atoms with E-state index in [0.717, 1.165) is 56.0 Å². The number of hydrogen-bond donors (Lipinski definition) is 2. The van der Waals surface area contributed by atoms with E-state index in [-0.39, 0.29) is 25.9 Å². The van der Waals surface area contributed by atoms with Crippen LogP contribution >= 0.6 is 0 Å². The van der Waals surface area contributed by atoms with Crippen LogP contribution in [0, 0.1) is 83.1 Å². The molecular weight excluding hydrogens is 753 g/mol. The van der Waals surface area contributed by atoms with E-state index in [4.69, 9.17) is 9.97 Å². The first-order chi connectivity index (χ1) is 28.6. The third-order valence-corrected chi connectivity index (χ3v) is 12.3. The van der Waals surface area contributed by atoms with Crippen LogP contribution in [0.4, 0.5) is 0 Å². The standard InChI is InChI=1S/C56H54N4.Mg.2H/c1-29-17-33(5)48(34(6)18-29)46-27-45-26-43-14-13-41(57-43)25-42-15-16-44(58-42)28-47-52(49-35(7)19-30(2)20-36(49)8)53(50-37(9)21-31(3)22-38(50)10)56(60-47)54(55(46)59-45)51-39(11)23-32(4)24-40(51)12;;;/h13-28,57,60H,1-12H3;;;/q;+2;2*-1. The second-order valence-electron chi connectivity index (χ2n) is 17.7. The van der Waals surface area contributed by atoms with Gasteiger partial charge in [-0.15, -0.1) is 0 Å². The summed E-state index contributed by atoms with van der Waals surface area (Å²) in [4.78, 5) is 18.7. The van der Waals surface area contributed by atoms with Crippen molar-refractivity contribution in [3.05, 3.63) is 174 Å². The molecule has 0 atom stereocenters. The molecule has 302 valence electrons. The molecule has 0 amide bonds. The first-order valence-corrected chi connectivity index (χ1v) is 21.1. The van der Waals surface area contributed by atoms with Crippen molar-refractivity contribution in [3.8, 4) is 33.4 Å². The Kier molecular flexibility index (Phi) is 11.0. The average molecular weight is 809 g/mol. The van der Waals surface area contributed by atoms with Crippen LogP contribution in [0.1, 0.15) is 98.0 Å². The zero-order chi connectivity index (χ0) is 42.3. The first kappa shape index (κ1) is 42.0. The van der Waals surface area contributed by atoms with Crippen molar-refractivity contribution in [3.63, 3.8) is 0 Å². The number of aryl methyl sites for hydroxylation is 12. The molecule has 9 rings (SSSR count). The van der Waals surface area contributed by atoms with Crippen LogP contribution in [0.2, 0.25) is 0 Å². The maximum absolute atomic E-state index is 5.74. The van der Waals surface area contributed by atoms with Gasteiger partial charge in [-0.3, -0.25) is 0 Å². The van der Waals surface area contributed by atoms with Gasteiger partial charge >= 0.3 is 23.1 Å². The molecule has 7 aromatic rings. The molecule has 0 spiro atoms. The van der Waals surface area contributed by atoms with E-state index in [1.54, 1.807) is 0 Å². The van der Waals surface area contributed by atoms with Crippen molar-refractivity contribution >= 4 is 68.9 Å². The smallest absolute Gasteiger partial charge is 1.00 e. The van der Waals surface area contributed by atoms with E-state index in [9.17, 15) is 0 Å². The van der Waals surface area contributed by atoms with Gasteiger partial charge < -0.3 is 12.8 Å². The van der Waals surface area contributed by atoms with Crippen molar-refractivity contribution in [2.24, 2.45) is 0 Å². The summed E-state index contributed by atoms with van der Waals surface area (Å²) in [6.07, 6.45) is 6.54.